The predicted octanol–water partition coefficient (Wildman–Crippen LogP) is 3.74. The molecule has 1 amide bonds. The fourth-order valence-electron chi connectivity index (χ4n) is 4.54. The molecule has 1 N–H and O–H groups in total. The Hall–Kier alpha value is -2.62. The van der Waals surface area contributed by atoms with Crippen molar-refractivity contribution in [1.82, 2.24) is 4.90 Å². The first-order valence-corrected chi connectivity index (χ1v) is 9.66. The van der Waals surface area contributed by atoms with Crippen molar-refractivity contribution in [1.29, 1.82) is 0 Å². The Bertz CT molecular complexity index is 853. The number of carboxylic acids is 1. The zero-order valence-electron chi connectivity index (χ0n) is 15.6. The number of likely N-dealkylation sites (tertiary alicyclic amines) is 1. The van der Waals surface area contributed by atoms with Crippen LogP contribution in [0.25, 0.3) is 0 Å². The van der Waals surface area contributed by atoms with Crippen LogP contribution in [-0.2, 0) is 15.0 Å². The molecule has 140 valence electrons. The summed E-state index contributed by atoms with van der Waals surface area (Å²) in [6.45, 7) is 3.12. The highest BCUT2D eigenvalue weighted by Crippen LogP contribution is 2.50. The molecule has 4 rings (SSSR count). The second-order valence-corrected chi connectivity index (χ2v) is 7.88. The number of nitrogens with zero attached hydrogens (tertiary/aromatic N) is 1. The topological polar surface area (TPSA) is 57.6 Å². The van der Waals surface area contributed by atoms with Gasteiger partial charge in [0, 0.05) is 19.0 Å². The molecule has 1 saturated heterocycles. The lowest BCUT2D eigenvalue weighted by Crippen LogP contribution is -2.49. The van der Waals surface area contributed by atoms with Crippen LogP contribution in [0, 0.1) is 12.8 Å². The van der Waals surface area contributed by atoms with E-state index in [2.05, 4.69) is 19.1 Å². The van der Waals surface area contributed by atoms with E-state index in [0.717, 1.165) is 12.0 Å². The molecule has 2 aromatic rings. The molecule has 0 spiro atoms. The van der Waals surface area contributed by atoms with Crippen LogP contribution in [-0.4, -0.2) is 35.0 Å². The van der Waals surface area contributed by atoms with E-state index in [1.807, 2.05) is 47.4 Å². The second kappa shape index (κ2) is 6.84. The van der Waals surface area contributed by atoms with Gasteiger partial charge in [-0.05, 0) is 48.8 Å². The van der Waals surface area contributed by atoms with E-state index in [1.54, 1.807) is 0 Å². The Kier molecular flexibility index (Phi) is 4.50. The first-order chi connectivity index (χ1) is 13.0. The lowest BCUT2D eigenvalue weighted by Gasteiger charge is -2.39. The fraction of sp³-hybridized carbons (Fsp3) is 0.391. The highest BCUT2D eigenvalue weighted by molar-refractivity contribution is 5.85. The van der Waals surface area contributed by atoms with Gasteiger partial charge >= 0.3 is 5.97 Å². The van der Waals surface area contributed by atoms with Crippen LogP contribution in [0.3, 0.4) is 0 Å². The predicted molar refractivity (Wildman–Crippen MR) is 104 cm³/mol. The summed E-state index contributed by atoms with van der Waals surface area (Å²) < 4.78 is 0. The van der Waals surface area contributed by atoms with Gasteiger partial charge in [0.15, 0.2) is 0 Å². The number of carboxylic acid groups (broad SMARTS) is 1. The van der Waals surface area contributed by atoms with E-state index in [-0.39, 0.29) is 11.8 Å². The van der Waals surface area contributed by atoms with Gasteiger partial charge in [0.1, 0.15) is 0 Å². The number of amides is 1. The second-order valence-electron chi connectivity index (χ2n) is 7.88. The fourth-order valence-corrected chi connectivity index (χ4v) is 4.54. The van der Waals surface area contributed by atoms with Crippen LogP contribution in [0.2, 0.25) is 0 Å². The molecule has 2 atom stereocenters. The minimum atomic E-state index is -0.878. The maximum Gasteiger partial charge on any atom is 0.314 e. The van der Waals surface area contributed by atoms with Gasteiger partial charge < -0.3 is 10.0 Å². The van der Waals surface area contributed by atoms with Gasteiger partial charge in [0.25, 0.3) is 0 Å². The average Bonchev–Trinajstić information content (AvgIpc) is 3.49. The van der Waals surface area contributed by atoms with E-state index in [0.29, 0.717) is 31.8 Å². The third-order valence-corrected chi connectivity index (χ3v) is 6.36. The van der Waals surface area contributed by atoms with E-state index in [9.17, 15) is 14.7 Å². The smallest absolute Gasteiger partial charge is 0.314 e. The molecule has 2 aromatic carbocycles. The Morgan fingerprint density at radius 1 is 1.00 bits per heavy atom. The summed E-state index contributed by atoms with van der Waals surface area (Å²) in [7, 11) is 0. The van der Waals surface area contributed by atoms with Crippen molar-refractivity contribution in [3.8, 4) is 0 Å². The van der Waals surface area contributed by atoms with Crippen LogP contribution in [0.4, 0.5) is 0 Å². The van der Waals surface area contributed by atoms with E-state index < -0.39 is 11.4 Å². The number of hydrogen-bond acceptors (Lipinski definition) is 2. The molecule has 0 aromatic heterocycles. The number of rotatable bonds is 4. The number of aliphatic carboxylic acids is 1. The Labute approximate surface area is 159 Å². The van der Waals surface area contributed by atoms with Crippen LogP contribution >= 0.6 is 0 Å². The molecule has 0 radical (unpaired) electrons. The van der Waals surface area contributed by atoms with Gasteiger partial charge in [-0.3, -0.25) is 9.59 Å². The minimum absolute atomic E-state index is 0.0557. The van der Waals surface area contributed by atoms with Crippen molar-refractivity contribution >= 4 is 11.9 Å². The van der Waals surface area contributed by atoms with Gasteiger partial charge in [-0.15, -0.1) is 0 Å². The molecule has 1 heterocycles. The summed E-state index contributed by atoms with van der Waals surface area (Å²) >= 11 is 0. The van der Waals surface area contributed by atoms with E-state index in [4.69, 9.17) is 0 Å². The zero-order valence-corrected chi connectivity index (χ0v) is 15.6. The van der Waals surface area contributed by atoms with Crippen LogP contribution in [0.1, 0.15) is 41.9 Å². The van der Waals surface area contributed by atoms with E-state index in [1.165, 1.54) is 11.1 Å². The zero-order chi connectivity index (χ0) is 19.0. The molecule has 4 heteroatoms. The van der Waals surface area contributed by atoms with Gasteiger partial charge in [0.2, 0.25) is 5.91 Å². The molecule has 27 heavy (non-hydrogen) atoms. The maximum atomic E-state index is 13.0. The maximum absolute atomic E-state index is 13.0. The molecule has 0 bridgehead atoms. The molecule has 1 aliphatic carbocycles. The van der Waals surface area contributed by atoms with Crippen molar-refractivity contribution in [2.24, 2.45) is 5.92 Å². The molecule has 1 aliphatic heterocycles. The summed E-state index contributed by atoms with van der Waals surface area (Å²) in [6, 6.07) is 17.7. The number of aryl methyl sites for hydroxylation is 1. The molecule has 4 nitrogen and oxygen atoms in total. The van der Waals surface area contributed by atoms with Crippen LogP contribution in [0.5, 0.6) is 0 Å². The quantitative estimate of drug-likeness (QED) is 0.900. The van der Waals surface area contributed by atoms with Crippen molar-refractivity contribution < 1.29 is 14.7 Å². The third kappa shape index (κ3) is 3.14. The molecule has 2 fully saturated rings. The van der Waals surface area contributed by atoms with E-state index >= 15 is 0 Å². The van der Waals surface area contributed by atoms with Crippen molar-refractivity contribution in [2.45, 2.75) is 37.5 Å². The van der Waals surface area contributed by atoms with Gasteiger partial charge in [-0.2, -0.15) is 0 Å². The summed E-state index contributed by atoms with van der Waals surface area (Å²) in [6.07, 6.45) is 1.85. The highest BCUT2D eigenvalue weighted by atomic mass is 16.4. The Morgan fingerprint density at radius 3 is 2.26 bits per heavy atom. The van der Waals surface area contributed by atoms with Crippen LogP contribution in [0.15, 0.2) is 54.6 Å². The van der Waals surface area contributed by atoms with Crippen molar-refractivity contribution in [2.75, 3.05) is 13.1 Å². The molecule has 1 saturated carbocycles. The number of hydrogen-bond donors (Lipinski definition) is 1. The van der Waals surface area contributed by atoms with Gasteiger partial charge in [-0.1, -0.05) is 54.6 Å². The lowest BCUT2D eigenvalue weighted by atomic mass is 9.73. The Balaban J connectivity index is 1.44. The average molecular weight is 363 g/mol. The Morgan fingerprint density at radius 2 is 1.63 bits per heavy atom. The monoisotopic (exact) mass is 363 g/mol. The van der Waals surface area contributed by atoms with Crippen LogP contribution < -0.4 is 0 Å². The summed E-state index contributed by atoms with van der Waals surface area (Å²) in [5.41, 5.74) is 2.48. The molecular formula is C23H25NO3. The molecular weight excluding hydrogens is 338 g/mol. The lowest BCUT2D eigenvalue weighted by molar-refractivity contribution is -0.148. The third-order valence-electron chi connectivity index (χ3n) is 6.36. The summed E-state index contributed by atoms with van der Waals surface area (Å²) in [4.78, 5) is 26.9. The highest BCUT2D eigenvalue weighted by Gasteiger charge is 2.49. The largest absolute Gasteiger partial charge is 0.481 e. The summed E-state index contributed by atoms with van der Waals surface area (Å²) in [5, 5.41) is 9.91. The van der Waals surface area contributed by atoms with Crippen molar-refractivity contribution in [3.63, 3.8) is 0 Å². The molecule has 2 unspecified atom stereocenters. The standard InChI is InChI=1S/C23H25NO3/c1-16-7-5-6-10-18(16)19-15-20(19)21(25)24-13-11-23(12-14-24,22(26)27)17-8-3-2-4-9-17/h2-10,19-20H,11-15H2,1H3,(H,26,27). The first-order valence-electron chi connectivity index (χ1n) is 9.66. The van der Waals surface area contributed by atoms with Gasteiger partial charge in [0.05, 0.1) is 5.41 Å². The number of carbonyl (C=O) groups excluding carboxylic acids is 1. The number of carbonyl (C=O) groups is 2. The van der Waals surface area contributed by atoms with Gasteiger partial charge in [-0.25, -0.2) is 0 Å². The minimum Gasteiger partial charge on any atom is -0.481 e. The first kappa shape index (κ1) is 17.8. The van der Waals surface area contributed by atoms with Crippen molar-refractivity contribution in [3.05, 3.63) is 71.3 Å². The number of benzene rings is 2. The summed E-state index contributed by atoms with van der Waals surface area (Å²) in [5.74, 6) is -0.223. The normalized spacial score (nSPS) is 23.7. The molecule has 2 aliphatic rings. The number of piperidine rings is 1. The SMILES string of the molecule is Cc1ccccc1C1CC1C(=O)N1CCC(C(=O)O)(c2ccccc2)CC1.